The topological polar surface area (TPSA) is 55.0 Å². The Morgan fingerprint density at radius 1 is 1.27 bits per heavy atom. The quantitative estimate of drug-likeness (QED) is 0.500. The first kappa shape index (κ1) is 17.3. The van der Waals surface area contributed by atoms with Crippen LogP contribution in [0.1, 0.15) is 23.1 Å². The predicted octanol–water partition coefficient (Wildman–Crippen LogP) is 4.70. The third kappa shape index (κ3) is 3.54. The van der Waals surface area contributed by atoms with Gasteiger partial charge in [0.05, 0.1) is 15.9 Å². The lowest BCUT2D eigenvalue weighted by Gasteiger charge is -2.20. The van der Waals surface area contributed by atoms with Gasteiger partial charge in [-0.1, -0.05) is 18.2 Å². The lowest BCUT2D eigenvalue weighted by molar-refractivity contribution is -0.135. The molecule has 3 aromatic rings. The number of amides is 1. The summed E-state index contributed by atoms with van der Waals surface area (Å²) in [5.41, 5.74) is 0.774. The van der Waals surface area contributed by atoms with Gasteiger partial charge >= 0.3 is 0 Å². The molecule has 3 heterocycles. The van der Waals surface area contributed by atoms with Gasteiger partial charge in [0.1, 0.15) is 17.2 Å². The third-order valence-electron chi connectivity index (χ3n) is 4.03. The number of furan rings is 1. The molecular weight excluding hydrogens is 463 g/mol. The summed E-state index contributed by atoms with van der Waals surface area (Å²) in [6.45, 7) is -0.0587. The summed E-state index contributed by atoms with van der Waals surface area (Å²) in [6.07, 6.45) is 2.24. The molecular formula is C19H15IN2O3S. The van der Waals surface area contributed by atoms with Gasteiger partial charge in [0.2, 0.25) is 0 Å². The van der Waals surface area contributed by atoms with Gasteiger partial charge in [-0.2, -0.15) is 5.10 Å². The SMILES string of the molecule is O=C(COc1ccccc1I)N1N=C(c2ccco2)CC1c1cccs1. The van der Waals surface area contributed by atoms with Crippen LogP contribution in [-0.4, -0.2) is 23.2 Å². The number of halogens is 1. The maximum atomic E-state index is 12.8. The molecule has 0 fully saturated rings. The summed E-state index contributed by atoms with van der Waals surface area (Å²) >= 11 is 3.81. The van der Waals surface area contributed by atoms with Gasteiger partial charge in [-0.15, -0.1) is 11.3 Å². The number of benzene rings is 1. The van der Waals surface area contributed by atoms with Gasteiger partial charge in [0, 0.05) is 11.3 Å². The van der Waals surface area contributed by atoms with Crippen molar-refractivity contribution in [2.24, 2.45) is 5.10 Å². The molecule has 4 rings (SSSR count). The van der Waals surface area contributed by atoms with Gasteiger partial charge < -0.3 is 9.15 Å². The first-order chi connectivity index (χ1) is 12.7. The van der Waals surface area contributed by atoms with Crippen molar-refractivity contribution in [1.29, 1.82) is 0 Å². The Labute approximate surface area is 168 Å². The van der Waals surface area contributed by atoms with Crippen LogP contribution in [0.3, 0.4) is 0 Å². The molecule has 1 amide bonds. The minimum Gasteiger partial charge on any atom is -0.483 e. The molecule has 0 spiro atoms. The van der Waals surface area contributed by atoms with Crippen molar-refractivity contribution in [3.8, 4) is 5.75 Å². The summed E-state index contributed by atoms with van der Waals surface area (Å²) in [6, 6.07) is 15.2. The molecule has 0 radical (unpaired) electrons. The highest BCUT2D eigenvalue weighted by Crippen LogP contribution is 2.35. The van der Waals surface area contributed by atoms with Crippen LogP contribution in [0.5, 0.6) is 5.75 Å². The monoisotopic (exact) mass is 478 g/mol. The zero-order valence-electron chi connectivity index (χ0n) is 13.7. The molecule has 1 aromatic carbocycles. The molecule has 5 nitrogen and oxygen atoms in total. The van der Waals surface area contributed by atoms with Crippen LogP contribution in [-0.2, 0) is 4.79 Å². The molecule has 26 heavy (non-hydrogen) atoms. The minimum atomic E-state index is -0.176. The fourth-order valence-electron chi connectivity index (χ4n) is 2.80. The number of para-hydroxylation sites is 1. The minimum absolute atomic E-state index is 0.0587. The van der Waals surface area contributed by atoms with E-state index in [4.69, 9.17) is 9.15 Å². The van der Waals surface area contributed by atoms with E-state index in [-0.39, 0.29) is 18.6 Å². The Hall–Kier alpha value is -2.13. The first-order valence-electron chi connectivity index (χ1n) is 8.06. The molecule has 0 saturated carbocycles. The number of carbonyl (C=O) groups is 1. The second kappa shape index (κ2) is 7.63. The van der Waals surface area contributed by atoms with Crippen molar-refractivity contribution in [1.82, 2.24) is 5.01 Å². The normalized spacial score (nSPS) is 16.6. The van der Waals surface area contributed by atoms with Gasteiger partial charge in [-0.3, -0.25) is 4.79 Å². The Kier molecular flexibility index (Phi) is 5.07. The summed E-state index contributed by atoms with van der Waals surface area (Å²) in [4.78, 5) is 13.9. The van der Waals surface area contributed by atoms with Crippen LogP contribution in [0.15, 0.2) is 69.7 Å². The number of hydrazone groups is 1. The van der Waals surface area contributed by atoms with E-state index >= 15 is 0 Å². The van der Waals surface area contributed by atoms with Crippen molar-refractivity contribution in [2.75, 3.05) is 6.61 Å². The number of rotatable bonds is 5. The number of nitrogens with zero attached hydrogens (tertiary/aromatic N) is 2. The Morgan fingerprint density at radius 3 is 2.88 bits per heavy atom. The van der Waals surface area contributed by atoms with Crippen LogP contribution in [0.2, 0.25) is 0 Å². The van der Waals surface area contributed by atoms with Crippen molar-refractivity contribution >= 4 is 45.5 Å². The fourth-order valence-corrected chi connectivity index (χ4v) is 4.16. The molecule has 0 N–H and O–H groups in total. The lowest BCUT2D eigenvalue weighted by atomic mass is 10.1. The third-order valence-corrected chi connectivity index (χ3v) is 5.90. The molecule has 0 aliphatic carbocycles. The van der Waals surface area contributed by atoms with Crippen molar-refractivity contribution < 1.29 is 13.9 Å². The molecule has 2 aromatic heterocycles. The second-order valence-corrected chi connectivity index (χ2v) is 7.86. The van der Waals surface area contributed by atoms with Crippen molar-refractivity contribution in [2.45, 2.75) is 12.5 Å². The largest absolute Gasteiger partial charge is 0.483 e. The predicted molar refractivity (Wildman–Crippen MR) is 108 cm³/mol. The fraction of sp³-hybridized carbons (Fsp3) is 0.158. The Balaban J connectivity index is 1.54. The molecule has 1 unspecified atom stereocenters. The highest BCUT2D eigenvalue weighted by Gasteiger charge is 2.34. The van der Waals surface area contributed by atoms with E-state index < -0.39 is 0 Å². The first-order valence-corrected chi connectivity index (χ1v) is 10.0. The maximum Gasteiger partial charge on any atom is 0.281 e. The van der Waals surface area contributed by atoms with Crippen LogP contribution >= 0.6 is 33.9 Å². The molecule has 7 heteroatoms. The molecule has 1 atom stereocenters. The van der Waals surface area contributed by atoms with Crippen LogP contribution in [0, 0.1) is 3.57 Å². The van der Waals surface area contributed by atoms with Crippen LogP contribution in [0.4, 0.5) is 0 Å². The summed E-state index contributed by atoms with van der Waals surface area (Å²) < 4.78 is 12.1. The zero-order chi connectivity index (χ0) is 17.9. The molecule has 0 saturated heterocycles. The number of thiophene rings is 1. The summed E-state index contributed by atoms with van der Waals surface area (Å²) in [5.74, 6) is 1.22. The van der Waals surface area contributed by atoms with E-state index in [9.17, 15) is 4.79 Å². The standard InChI is InChI=1S/C19H15IN2O3S/c20-13-5-1-2-6-16(13)25-12-19(23)22-15(18-8-4-10-26-18)11-14(21-22)17-7-3-9-24-17/h1-10,15H,11-12H2. The van der Waals surface area contributed by atoms with Crippen molar-refractivity contribution in [3.05, 3.63) is 74.4 Å². The van der Waals surface area contributed by atoms with Crippen LogP contribution < -0.4 is 4.74 Å². The number of hydrogen-bond donors (Lipinski definition) is 0. The highest BCUT2D eigenvalue weighted by atomic mass is 127. The van der Waals surface area contributed by atoms with Gasteiger partial charge in [0.15, 0.2) is 6.61 Å². The average molecular weight is 478 g/mol. The molecule has 0 bridgehead atoms. The van der Waals surface area contributed by atoms with Gasteiger partial charge in [-0.05, 0) is 58.3 Å². The molecule has 1 aliphatic heterocycles. The molecule has 132 valence electrons. The van der Waals surface area contributed by atoms with E-state index in [2.05, 4.69) is 27.7 Å². The van der Waals surface area contributed by atoms with Gasteiger partial charge in [-0.25, -0.2) is 5.01 Å². The van der Waals surface area contributed by atoms with E-state index in [1.165, 1.54) is 5.01 Å². The second-order valence-electron chi connectivity index (χ2n) is 5.72. The lowest BCUT2D eigenvalue weighted by Crippen LogP contribution is -2.31. The Morgan fingerprint density at radius 2 is 2.15 bits per heavy atom. The number of hydrogen-bond acceptors (Lipinski definition) is 5. The van der Waals surface area contributed by atoms with E-state index in [0.29, 0.717) is 17.9 Å². The van der Waals surface area contributed by atoms with E-state index in [1.807, 2.05) is 53.9 Å². The smallest absolute Gasteiger partial charge is 0.281 e. The average Bonchev–Trinajstić information content (AvgIpc) is 3.41. The summed E-state index contributed by atoms with van der Waals surface area (Å²) in [7, 11) is 0. The highest BCUT2D eigenvalue weighted by molar-refractivity contribution is 14.1. The maximum absolute atomic E-state index is 12.8. The Bertz CT molecular complexity index is 922. The van der Waals surface area contributed by atoms with Crippen molar-refractivity contribution in [3.63, 3.8) is 0 Å². The number of ether oxygens (including phenoxy) is 1. The summed E-state index contributed by atoms with van der Waals surface area (Å²) in [5, 5.41) is 8.07. The van der Waals surface area contributed by atoms with E-state index in [1.54, 1.807) is 17.6 Å². The van der Waals surface area contributed by atoms with E-state index in [0.717, 1.165) is 14.2 Å². The number of carbonyl (C=O) groups excluding carboxylic acids is 1. The van der Waals surface area contributed by atoms with Crippen LogP contribution in [0.25, 0.3) is 0 Å². The zero-order valence-corrected chi connectivity index (χ0v) is 16.6. The molecule has 1 aliphatic rings. The van der Waals surface area contributed by atoms with Gasteiger partial charge in [0.25, 0.3) is 5.91 Å².